The van der Waals surface area contributed by atoms with Crippen LogP contribution in [0.4, 0.5) is 0 Å². The molecule has 0 aromatic heterocycles. The Morgan fingerprint density at radius 1 is 1.07 bits per heavy atom. The fourth-order valence-corrected chi connectivity index (χ4v) is 4.24. The minimum Gasteiger partial charge on any atom is -0.493 e. The van der Waals surface area contributed by atoms with Crippen LogP contribution in [-0.4, -0.2) is 49.9 Å². The fourth-order valence-electron chi connectivity index (χ4n) is 4.04. The highest BCUT2D eigenvalue weighted by molar-refractivity contribution is 6.30. The highest BCUT2D eigenvalue weighted by atomic mass is 35.5. The van der Waals surface area contributed by atoms with E-state index in [-0.39, 0.29) is 6.04 Å². The zero-order valence-corrected chi connectivity index (χ0v) is 17.6. The molecule has 1 saturated heterocycles. The van der Waals surface area contributed by atoms with E-state index in [1.54, 1.807) is 21.3 Å². The average molecular weight is 420 g/mol. The number of piperidine rings is 1. The van der Waals surface area contributed by atoms with Crippen LogP contribution in [0.5, 0.6) is 17.2 Å². The van der Waals surface area contributed by atoms with Crippen molar-refractivity contribution >= 4 is 17.6 Å². The van der Waals surface area contributed by atoms with Crippen LogP contribution in [0.25, 0.3) is 0 Å². The summed E-state index contributed by atoms with van der Waals surface area (Å²) in [5.74, 6) is 0.733. The zero-order valence-electron chi connectivity index (χ0n) is 16.9. The van der Waals surface area contributed by atoms with Crippen molar-refractivity contribution < 1.29 is 24.1 Å². The van der Waals surface area contributed by atoms with Gasteiger partial charge in [0, 0.05) is 5.02 Å². The second kappa shape index (κ2) is 9.37. The van der Waals surface area contributed by atoms with Gasteiger partial charge in [0.25, 0.3) is 0 Å². The van der Waals surface area contributed by atoms with E-state index < -0.39 is 12.0 Å². The van der Waals surface area contributed by atoms with Gasteiger partial charge in [0.1, 0.15) is 6.04 Å². The second-order valence-corrected chi connectivity index (χ2v) is 7.44. The lowest BCUT2D eigenvalue weighted by atomic mass is 9.91. The SMILES string of the molecule is COc1cc(C(c2cccc(Cl)c2)N2CCCCC2C(=O)O)cc(OC)c1OC. The van der Waals surface area contributed by atoms with Gasteiger partial charge in [-0.15, -0.1) is 0 Å². The summed E-state index contributed by atoms with van der Waals surface area (Å²) in [6.07, 6.45) is 2.44. The van der Waals surface area contributed by atoms with E-state index >= 15 is 0 Å². The Morgan fingerprint density at radius 3 is 2.31 bits per heavy atom. The van der Waals surface area contributed by atoms with Crippen LogP contribution in [0.1, 0.15) is 36.4 Å². The maximum Gasteiger partial charge on any atom is 0.320 e. The summed E-state index contributed by atoms with van der Waals surface area (Å²) in [7, 11) is 4.69. The zero-order chi connectivity index (χ0) is 21.0. The summed E-state index contributed by atoms with van der Waals surface area (Å²) in [5.41, 5.74) is 1.77. The lowest BCUT2D eigenvalue weighted by Gasteiger charge is -2.40. The Balaban J connectivity index is 2.19. The molecule has 0 radical (unpaired) electrons. The van der Waals surface area contributed by atoms with Gasteiger partial charge in [0.05, 0.1) is 27.4 Å². The van der Waals surface area contributed by atoms with Crippen molar-refractivity contribution in [3.05, 3.63) is 52.5 Å². The Morgan fingerprint density at radius 2 is 1.76 bits per heavy atom. The molecule has 0 spiro atoms. The number of carboxylic acids is 1. The molecule has 1 aliphatic rings. The number of hydrogen-bond acceptors (Lipinski definition) is 5. The summed E-state index contributed by atoms with van der Waals surface area (Å²) in [5, 5.41) is 10.5. The topological polar surface area (TPSA) is 68.2 Å². The van der Waals surface area contributed by atoms with Gasteiger partial charge in [-0.3, -0.25) is 9.69 Å². The summed E-state index contributed by atoms with van der Waals surface area (Å²) in [6, 6.07) is 10.4. The molecule has 6 nitrogen and oxygen atoms in total. The lowest BCUT2D eigenvalue weighted by Crippen LogP contribution is -2.46. The molecule has 0 amide bonds. The third kappa shape index (κ3) is 4.43. The molecule has 1 heterocycles. The van der Waals surface area contributed by atoms with E-state index in [4.69, 9.17) is 25.8 Å². The minimum absolute atomic E-state index is 0.316. The Labute approximate surface area is 175 Å². The van der Waals surface area contributed by atoms with Crippen molar-refractivity contribution in [3.63, 3.8) is 0 Å². The summed E-state index contributed by atoms with van der Waals surface area (Å²) >= 11 is 6.27. The van der Waals surface area contributed by atoms with E-state index in [1.165, 1.54) is 0 Å². The predicted molar refractivity (Wildman–Crippen MR) is 111 cm³/mol. The molecule has 2 atom stereocenters. The summed E-state index contributed by atoms with van der Waals surface area (Å²) < 4.78 is 16.5. The van der Waals surface area contributed by atoms with Gasteiger partial charge in [-0.1, -0.05) is 30.2 Å². The normalized spacial score (nSPS) is 18.1. The van der Waals surface area contributed by atoms with Crippen molar-refractivity contribution in [2.75, 3.05) is 27.9 Å². The van der Waals surface area contributed by atoms with Crippen LogP contribution in [0.2, 0.25) is 5.02 Å². The second-order valence-electron chi connectivity index (χ2n) is 7.00. The molecule has 1 fully saturated rings. The Bertz CT molecular complexity index is 847. The molecule has 1 N–H and O–H groups in total. The first-order valence-corrected chi connectivity index (χ1v) is 9.91. The molecular formula is C22H26ClNO5. The van der Waals surface area contributed by atoms with Gasteiger partial charge in [0.2, 0.25) is 5.75 Å². The van der Waals surface area contributed by atoms with Gasteiger partial charge >= 0.3 is 5.97 Å². The Hall–Kier alpha value is -2.44. The van der Waals surface area contributed by atoms with Gasteiger partial charge in [-0.2, -0.15) is 0 Å². The van der Waals surface area contributed by atoms with Crippen molar-refractivity contribution in [2.24, 2.45) is 0 Å². The predicted octanol–water partition coefficient (Wildman–Crippen LogP) is 4.39. The quantitative estimate of drug-likeness (QED) is 0.717. The number of likely N-dealkylation sites (tertiary alicyclic amines) is 1. The van der Waals surface area contributed by atoms with Crippen molar-refractivity contribution in [1.82, 2.24) is 4.90 Å². The molecule has 1 aliphatic heterocycles. The fraction of sp³-hybridized carbons (Fsp3) is 0.409. The van der Waals surface area contributed by atoms with Crippen LogP contribution in [0.3, 0.4) is 0 Å². The number of rotatable bonds is 7. The molecule has 0 saturated carbocycles. The summed E-state index contributed by atoms with van der Waals surface area (Å²) in [4.78, 5) is 14.0. The minimum atomic E-state index is -0.816. The first-order valence-electron chi connectivity index (χ1n) is 9.54. The van der Waals surface area contributed by atoms with Crippen LogP contribution in [0, 0.1) is 0 Å². The maximum atomic E-state index is 12.0. The van der Waals surface area contributed by atoms with E-state index in [0.717, 1.165) is 24.0 Å². The Kier molecular flexibility index (Phi) is 6.87. The molecule has 0 bridgehead atoms. The van der Waals surface area contributed by atoms with Crippen molar-refractivity contribution in [2.45, 2.75) is 31.3 Å². The first kappa shape index (κ1) is 21.3. The largest absolute Gasteiger partial charge is 0.493 e. The molecule has 0 aliphatic carbocycles. The molecule has 2 unspecified atom stereocenters. The number of aliphatic carboxylic acids is 1. The lowest BCUT2D eigenvalue weighted by molar-refractivity contribution is -0.145. The van der Waals surface area contributed by atoms with Gasteiger partial charge in [0.15, 0.2) is 11.5 Å². The van der Waals surface area contributed by atoms with Crippen LogP contribution in [-0.2, 0) is 4.79 Å². The number of carbonyl (C=O) groups is 1. The monoisotopic (exact) mass is 419 g/mol. The summed E-state index contributed by atoms with van der Waals surface area (Å²) in [6.45, 7) is 0.671. The van der Waals surface area contributed by atoms with E-state index in [0.29, 0.717) is 35.2 Å². The smallest absolute Gasteiger partial charge is 0.320 e. The molecule has 156 valence electrons. The molecule has 7 heteroatoms. The van der Waals surface area contributed by atoms with Gasteiger partial charge < -0.3 is 19.3 Å². The number of hydrogen-bond donors (Lipinski definition) is 1. The molecule has 29 heavy (non-hydrogen) atoms. The molecule has 2 aromatic carbocycles. The van der Waals surface area contributed by atoms with Crippen LogP contribution in [0.15, 0.2) is 36.4 Å². The number of ether oxygens (including phenoxy) is 3. The molecular weight excluding hydrogens is 394 g/mol. The van der Waals surface area contributed by atoms with E-state index in [9.17, 15) is 9.90 Å². The van der Waals surface area contributed by atoms with Crippen molar-refractivity contribution in [3.8, 4) is 17.2 Å². The van der Waals surface area contributed by atoms with E-state index in [2.05, 4.69) is 0 Å². The van der Waals surface area contributed by atoms with E-state index in [1.807, 2.05) is 41.3 Å². The first-order chi connectivity index (χ1) is 14.0. The van der Waals surface area contributed by atoms with Gasteiger partial charge in [-0.05, 0) is 54.8 Å². The highest BCUT2D eigenvalue weighted by Crippen LogP contribution is 2.43. The number of methoxy groups -OCH3 is 3. The van der Waals surface area contributed by atoms with Crippen molar-refractivity contribution in [1.29, 1.82) is 0 Å². The molecule has 3 rings (SSSR count). The third-order valence-electron chi connectivity index (χ3n) is 5.33. The van der Waals surface area contributed by atoms with Gasteiger partial charge in [-0.25, -0.2) is 0 Å². The standard InChI is InChI=1S/C22H26ClNO5/c1-27-18-12-15(13-19(28-2)21(18)29-3)20(14-7-6-8-16(23)11-14)24-10-5-4-9-17(24)22(25)26/h6-8,11-13,17,20H,4-5,9-10H2,1-3H3,(H,25,26). The average Bonchev–Trinajstić information content (AvgIpc) is 2.73. The van der Waals surface area contributed by atoms with Crippen LogP contribution < -0.4 is 14.2 Å². The maximum absolute atomic E-state index is 12.0. The number of halogens is 1. The number of benzene rings is 2. The third-order valence-corrected chi connectivity index (χ3v) is 5.56. The highest BCUT2D eigenvalue weighted by Gasteiger charge is 2.36. The number of carboxylic acid groups (broad SMARTS) is 1. The number of nitrogens with zero attached hydrogens (tertiary/aromatic N) is 1. The van der Waals surface area contributed by atoms with Crippen LogP contribution >= 0.6 is 11.6 Å². The molecule has 2 aromatic rings.